The molecule has 0 aromatic rings. The van der Waals surface area contributed by atoms with Gasteiger partial charge in [0.15, 0.2) is 0 Å². The van der Waals surface area contributed by atoms with Crippen molar-refractivity contribution in [3.8, 4) is 0 Å². The van der Waals surface area contributed by atoms with Crippen LogP contribution in [0.3, 0.4) is 0 Å². The molecule has 2 aliphatic heterocycles. The number of hydrogen-bond donors (Lipinski definition) is 2. The van der Waals surface area contributed by atoms with Crippen LogP contribution in [0.2, 0.25) is 0 Å². The average molecular weight is 226 g/mol. The van der Waals surface area contributed by atoms with Crippen molar-refractivity contribution in [2.24, 2.45) is 5.92 Å². The minimum Gasteiger partial charge on any atom is -0.393 e. The molecule has 2 rings (SSSR count). The normalized spacial score (nSPS) is 37.9. The van der Waals surface area contributed by atoms with E-state index in [9.17, 15) is 9.90 Å². The molecule has 92 valence electrons. The van der Waals surface area contributed by atoms with Gasteiger partial charge in [-0.3, -0.25) is 9.69 Å². The number of nitrogens with zero attached hydrogens (tertiary/aromatic N) is 1. The molecule has 2 aliphatic rings. The third-order valence-corrected chi connectivity index (χ3v) is 3.87. The van der Waals surface area contributed by atoms with Crippen LogP contribution in [0, 0.1) is 5.92 Å². The molecule has 0 spiro atoms. The number of hydrogen-bond acceptors (Lipinski definition) is 3. The van der Waals surface area contributed by atoms with Crippen molar-refractivity contribution < 1.29 is 9.90 Å². The van der Waals surface area contributed by atoms with E-state index in [4.69, 9.17) is 0 Å². The fourth-order valence-corrected chi connectivity index (χ4v) is 2.76. The summed E-state index contributed by atoms with van der Waals surface area (Å²) in [5, 5.41) is 12.6. The maximum atomic E-state index is 11.5. The zero-order valence-corrected chi connectivity index (χ0v) is 9.98. The van der Waals surface area contributed by atoms with Crippen LogP contribution >= 0.6 is 0 Å². The quantitative estimate of drug-likeness (QED) is 0.678. The average Bonchev–Trinajstić information content (AvgIpc) is 2.47. The fourth-order valence-electron chi connectivity index (χ4n) is 2.76. The molecule has 2 saturated heterocycles. The number of aliphatic hydroxyl groups is 1. The smallest absolute Gasteiger partial charge is 0.221 e. The van der Waals surface area contributed by atoms with E-state index in [0.717, 1.165) is 38.9 Å². The van der Waals surface area contributed by atoms with Gasteiger partial charge in [-0.05, 0) is 25.2 Å². The molecular formula is C12H22N2O2. The van der Waals surface area contributed by atoms with E-state index in [1.165, 1.54) is 0 Å². The first-order valence-electron chi connectivity index (χ1n) is 6.35. The van der Waals surface area contributed by atoms with E-state index in [-0.39, 0.29) is 12.0 Å². The minimum absolute atomic E-state index is 0.157. The second kappa shape index (κ2) is 5.15. The van der Waals surface area contributed by atoms with Gasteiger partial charge in [-0.15, -0.1) is 0 Å². The van der Waals surface area contributed by atoms with Gasteiger partial charge in [0, 0.05) is 32.1 Å². The van der Waals surface area contributed by atoms with Gasteiger partial charge < -0.3 is 10.4 Å². The van der Waals surface area contributed by atoms with Crippen LogP contribution in [0.1, 0.15) is 32.6 Å². The molecule has 2 fully saturated rings. The lowest BCUT2D eigenvalue weighted by atomic mass is 9.94. The third-order valence-electron chi connectivity index (χ3n) is 3.87. The summed E-state index contributed by atoms with van der Waals surface area (Å²) in [5.74, 6) is 0.515. The Morgan fingerprint density at radius 2 is 2.25 bits per heavy atom. The molecule has 0 radical (unpaired) electrons. The van der Waals surface area contributed by atoms with Crippen molar-refractivity contribution in [1.82, 2.24) is 10.2 Å². The highest BCUT2D eigenvalue weighted by Gasteiger charge is 2.30. The minimum atomic E-state index is -0.157. The maximum absolute atomic E-state index is 11.5. The zero-order chi connectivity index (χ0) is 11.5. The summed E-state index contributed by atoms with van der Waals surface area (Å²) in [6.45, 7) is 4.78. The standard InChI is InChI=1S/C12H22N2O2/c1-9-8-14(6-4-11(9)15)10-3-2-5-13-12(16)7-10/h9-11,15H,2-8H2,1H3,(H,13,16). The van der Waals surface area contributed by atoms with Gasteiger partial charge in [0.1, 0.15) is 0 Å². The lowest BCUT2D eigenvalue weighted by Gasteiger charge is -2.38. The van der Waals surface area contributed by atoms with Crippen molar-refractivity contribution in [2.45, 2.75) is 44.8 Å². The van der Waals surface area contributed by atoms with E-state index >= 15 is 0 Å². The first kappa shape index (κ1) is 11.9. The molecule has 0 bridgehead atoms. The Bertz CT molecular complexity index is 257. The maximum Gasteiger partial charge on any atom is 0.221 e. The van der Waals surface area contributed by atoms with Crippen molar-refractivity contribution in [3.05, 3.63) is 0 Å². The molecular weight excluding hydrogens is 204 g/mol. The van der Waals surface area contributed by atoms with Gasteiger partial charge in [0.2, 0.25) is 5.91 Å². The summed E-state index contributed by atoms with van der Waals surface area (Å²) in [5.41, 5.74) is 0. The Balaban J connectivity index is 1.93. The summed E-state index contributed by atoms with van der Waals surface area (Å²) in [6, 6.07) is 0.387. The number of aliphatic hydroxyl groups excluding tert-OH is 1. The molecule has 2 heterocycles. The highest BCUT2D eigenvalue weighted by molar-refractivity contribution is 5.76. The molecule has 0 saturated carbocycles. The van der Waals surface area contributed by atoms with Crippen LogP contribution in [0.5, 0.6) is 0 Å². The summed E-state index contributed by atoms with van der Waals surface area (Å²) in [6.07, 6.45) is 3.49. The molecule has 3 unspecified atom stereocenters. The Morgan fingerprint density at radius 3 is 3.00 bits per heavy atom. The van der Waals surface area contributed by atoms with E-state index in [1.807, 2.05) is 0 Å². The first-order valence-corrected chi connectivity index (χ1v) is 6.35. The number of carbonyl (C=O) groups is 1. The van der Waals surface area contributed by atoms with Crippen molar-refractivity contribution >= 4 is 5.91 Å². The number of amides is 1. The van der Waals surface area contributed by atoms with Crippen molar-refractivity contribution in [1.29, 1.82) is 0 Å². The fraction of sp³-hybridized carbons (Fsp3) is 0.917. The largest absolute Gasteiger partial charge is 0.393 e. The zero-order valence-electron chi connectivity index (χ0n) is 9.98. The van der Waals surface area contributed by atoms with Gasteiger partial charge in [-0.25, -0.2) is 0 Å². The van der Waals surface area contributed by atoms with E-state index < -0.39 is 0 Å². The van der Waals surface area contributed by atoms with Crippen LogP contribution in [0.25, 0.3) is 0 Å². The molecule has 4 heteroatoms. The highest BCUT2D eigenvalue weighted by atomic mass is 16.3. The summed E-state index contributed by atoms with van der Waals surface area (Å²) >= 11 is 0. The Morgan fingerprint density at radius 1 is 1.44 bits per heavy atom. The predicted octanol–water partition coefficient (Wildman–Crippen LogP) is 0.358. The molecule has 0 aromatic heterocycles. The Labute approximate surface area is 97.0 Å². The van der Waals surface area contributed by atoms with Crippen LogP contribution in [-0.2, 0) is 4.79 Å². The summed E-state index contributed by atoms with van der Waals surface area (Å²) < 4.78 is 0. The summed E-state index contributed by atoms with van der Waals surface area (Å²) in [4.78, 5) is 13.9. The van der Waals surface area contributed by atoms with Crippen molar-refractivity contribution in [3.63, 3.8) is 0 Å². The molecule has 16 heavy (non-hydrogen) atoms. The molecule has 2 N–H and O–H groups in total. The van der Waals surface area contributed by atoms with Crippen LogP contribution in [-0.4, -0.2) is 47.7 Å². The second-order valence-electron chi connectivity index (χ2n) is 5.18. The number of carbonyl (C=O) groups excluding carboxylic acids is 1. The predicted molar refractivity (Wildman–Crippen MR) is 62.0 cm³/mol. The highest BCUT2D eigenvalue weighted by Crippen LogP contribution is 2.22. The van der Waals surface area contributed by atoms with Crippen LogP contribution < -0.4 is 5.32 Å². The lowest BCUT2D eigenvalue weighted by Crippen LogP contribution is -2.47. The van der Waals surface area contributed by atoms with Gasteiger partial charge in [-0.2, -0.15) is 0 Å². The number of rotatable bonds is 1. The van der Waals surface area contributed by atoms with Gasteiger partial charge in [0.05, 0.1) is 6.10 Å². The van der Waals surface area contributed by atoms with E-state index in [1.54, 1.807) is 0 Å². The molecule has 1 amide bonds. The van der Waals surface area contributed by atoms with Gasteiger partial charge in [0.25, 0.3) is 0 Å². The van der Waals surface area contributed by atoms with Crippen LogP contribution in [0.15, 0.2) is 0 Å². The monoisotopic (exact) mass is 226 g/mol. The van der Waals surface area contributed by atoms with Gasteiger partial charge in [-0.1, -0.05) is 6.92 Å². The first-order chi connectivity index (χ1) is 7.66. The van der Waals surface area contributed by atoms with Crippen LogP contribution in [0.4, 0.5) is 0 Å². The lowest BCUT2D eigenvalue weighted by molar-refractivity contribution is -0.122. The number of piperidine rings is 1. The molecule has 3 atom stereocenters. The SMILES string of the molecule is CC1CN(C2CCCNC(=O)C2)CCC1O. The number of nitrogens with one attached hydrogen (secondary N) is 1. The summed E-state index contributed by atoms with van der Waals surface area (Å²) in [7, 11) is 0. The second-order valence-corrected chi connectivity index (χ2v) is 5.18. The van der Waals surface area contributed by atoms with E-state index in [0.29, 0.717) is 18.4 Å². The molecule has 0 aliphatic carbocycles. The van der Waals surface area contributed by atoms with E-state index in [2.05, 4.69) is 17.1 Å². The Hall–Kier alpha value is -0.610. The Kier molecular flexibility index (Phi) is 3.82. The number of likely N-dealkylation sites (tertiary alicyclic amines) is 1. The van der Waals surface area contributed by atoms with Gasteiger partial charge >= 0.3 is 0 Å². The van der Waals surface area contributed by atoms with Crippen molar-refractivity contribution in [2.75, 3.05) is 19.6 Å². The topological polar surface area (TPSA) is 52.6 Å². The molecule has 0 aromatic carbocycles. The third kappa shape index (κ3) is 2.74. The molecule has 4 nitrogen and oxygen atoms in total.